The fourth-order valence-corrected chi connectivity index (χ4v) is 3.33. The number of hydrogen-bond donors (Lipinski definition) is 2. The number of fused-ring (bicyclic) bond motifs is 2. The molecule has 0 heterocycles. The lowest BCUT2D eigenvalue weighted by Crippen LogP contribution is -2.21. The quantitative estimate of drug-likeness (QED) is 0.513. The molecule has 3 rings (SSSR count). The molecule has 0 bridgehead atoms. The summed E-state index contributed by atoms with van der Waals surface area (Å²) >= 11 is 0. The summed E-state index contributed by atoms with van der Waals surface area (Å²) in [4.78, 5) is 24.3. The Morgan fingerprint density at radius 1 is 0.783 bits per heavy atom. The van der Waals surface area contributed by atoms with Crippen molar-refractivity contribution in [3.8, 4) is 0 Å². The number of thiol groups is 1. The van der Waals surface area contributed by atoms with E-state index >= 15 is 0 Å². The molecule has 0 unspecified atom stereocenters. The maximum absolute atomic E-state index is 12.4. The van der Waals surface area contributed by atoms with Gasteiger partial charge in [-0.1, -0.05) is 0 Å². The molecule has 2 aromatic carbocycles. The Hall–Kier alpha value is -2.36. The lowest BCUT2D eigenvalue weighted by atomic mass is 9.84. The number of carbonyl (C=O) groups is 2. The average molecular weight is 352 g/mol. The highest BCUT2D eigenvalue weighted by Gasteiger charge is 2.31. The smallest absolute Gasteiger partial charge is 0.289 e. The Morgan fingerprint density at radius 2 is 1.30 bits per heavy atom. The first-order chi connectivity index (χ1) is 10.7. The highest BCUT2D eigenvalue weighted by atomic mass is 32.2. The lowest BCUT2D eigenvalue weighted by Gasteiger charge is -2.18. The molecule has 0 spiro atoms. The molecule has 0 aliphatic heterocycles. The van der Waals surface area contributed by atoms with Crippen molar-refractivity contribution >= 4 is 32.4 Å². The summed E-state index contributed by atoms with van der Waals surface area (Å²) in [6, 6.07) is 6.55. The van der Waals surface area contributed by atoms with Gasteiger partial charge >= 0.3 is 0 Å². The minimum Gasteiger partial charge on any atom is -0.289 e. The molecule has 2 aromatic rings. The van der Waals surface area contributed by atoms with E-state index in [2.05, 4.69) is 0 Å². The monoisotopic (exact) mass is 352 g/mol. The fourth-order valence-electron chi connectivity index (χ4n) is 2.39. The van der Waals surface area contributed by atoms with Gasteiger partial charge in [-0.15, -0.1) is 0 Å². The van der Waals surface area contributed by atoms with Gasteiger partial charge in [0.05, 0.1) is 9.79 Å². The second-order valence-corrected chi connectivity index (χ2v) is 7.28. The summed E-state index contributed by atoms with van der Waals surface area (Å²) in [5.41, 5.74) is -0.278. The van der Waals surface area contributed by atoms with Crippen LogP contribution in [-0.2, 0) is 20.8 Å². The second-order valence-electron chi connectivity index (χ2n) is 4.83. The first-order valence-electron chi connectivity index (χ1n) is 6.19. The third kappa shape index (κ3) is 2.48. The predicted octanol–water partition coefficient (Wildman–Crippen LogP) is 0.679. The number of rotatable bonds is 2. The molecule has 118 valence electrons. The van der Waals surface area contributed by atoms with Gasteiger partial charge in [-0.3, -0.25) is 14.1 Å². The van der Waals surface area contributed by atoms with Crippen LogP contribution in [0.5, 0.6) is 0 Å². The van der Waals surface area contributed by atoms with E-state index < -0.39 is 37.3 Å². The van der Waals surface area contributed by atoms with E-state index in [0.717, 1.165) is 24.3 Å². The molecular formula is C14H8O7S2. The van der Waals surface area contributed by atoms with E-state index in [1.54, 1.807) is 0 Å². The van der Waals surface area contributed by atoms with Crippen LogP contribution in [0.4, 0.5) is 0 Å². The zero-order valence-corrected chi connectivity index (χ0v) is 12.9. The van der Waals surface area contributed by atoms with E-state index in [0.29, 0.717) is 0 Å². The molecule has 1 aliphatic carbocycles. The Bertz CT molecular complexity index is 1050. The zero-order chi connectivity index (χ0) is 16.9. The normalized spacial score (nSPS) is 13.8. The third-order valence-corrected chi connectivity index (χ3v) is 5.03. The van der Waals surface area contributed by atoms with Crippen molar-refractivity contribution in [2.75, 3.05) is 0 Å². The Balaban J connectivity index is 2.26. The van der Waals surface area contributed by atoms with Gasteiger partial charge in [0.1, 0.15) is 0 Å². The van der Waals surface area contributed by atoms with Crippen LogP contribution in [0.1, 0.15) is 31.8 Å². The second kappa shape index (κ2) is 5.08. The predicted molar refractivity (Wildman–Crippen MR) is 78.1 cm³/mol. The van der Waals surface area contributed by atoms with Crippen molar-refractivity contribution in [3.63, 3.8) is 0 Å². The maximum atomic E-state index is 12.4. The van der Waals surface area contributed by atoms with Crippen molar-refractivity contribution in [1.82, 2.24) is 0 Å². The van der Waals surface area contributed by atoms with Crippen molar-refractivity contribution in [2.45, 2.75) is 9.79 Å². The average Bonchev–Trinajstić information content (AvgIpc) is 2.50. The van der Waals surface area contributed by atoms with Gasteiger partial charge in [0.25, 0.3) is 10.1 Å². The summed E-state index contributed by atoms with van der Waals surface area (Å²) < 4.78 is 53.4. The Labute approximate surface area is 132 Å². The van der Waals surface area contributed by atoms with Crippen molar-refractivity contribution in [3.05, 3.63) is 58.7 Å². The van der Waals surface area contributed by atoms with Crippen LogP contribution in [-0.4, -0.2) is 33.0 Å². The number of benzene rings is 2. The summed E-state index contributed by atoms with van der Waals surface area (Å²) in [6.07, 6.45) is 0. The number of carbonyl (C=O) groups excluding carboxylic acids is 2. The van der Waals surface area contributed by atoms with E-state index in [1.165, 1.54) is 12.1 Å². The molecule has 1 N–H and O–H groups in total. The minimum atomic E-state index is -4.52. The molecule has 1 aliphatic rings. The molecule has 0 aromatic heterocycles. The van der Waals surface area contributed by atoms with Crippen molar-refractivity contribution in [2.24, 2.45) is 0 Å². The first kappa shape index (κ1) is 15.5. The van der Waals surface area contributed by atoms with Gasteiger partial charge in [0, 0.05) is 22.3 Å². The highest BCUT2D eigenvalue weighted by molar-refractivity contribution is 7.85. The molecular weight excluding hydrogens is 344 g/mol. The van der Waals surface area contributed by atoms with Gasteiger partial charge < -0.3 is 0 Å². The molecule has 0 saturated carbocycles. The molecule has 0 atom stereocenters. The van der Waals surface area contributed by atoms with E-state index in [4.69, 9.17) is 4.55 Å². The number of hydrogen-bond acceptors (Lipinski definition) is 6. The number of ketones is 2. The summed E-state index contributed by atoms with van der Waals surface area (Å²) in [5, 5.41) is 0. The van der Waals surface area contributed by atoms with Crippen LogP contribution in [0.2, 0.25) is 0 Å². The van der Waals surface area contributed by atoms with Crippen LogP contribution in [0.3, 0.4) is 0 Å². The van der Waals surface area contributed by atoms with Crippen LogP contribution in [0.15, 0.2) is 46.2 Å². The van der Waals surface area contributed by atoms with Crippen LogP contribution in [0.25, 0.3) is 0 Å². The standard InChI is InChI=1S/C14H8O7S2/c15-13-10-4-2-8(23(19,20)21)6-12(10)14(16)9-3-1-7(22(17)18)5-11(9)13/h1-6,22H,(H,19,20,21). The first-order valence-corrected chi connectivity index (χ1v) is 8.81. The molecule has 0 fully saturated rings. The largest absolute Gasteiger partial charge is 0.294 e. The maximum Gasteiger partial charge on any atom is 0.294 e. The minimum absolute atomic E-state index is 0.0180. The topological polar surface area (TPSA) is 123 Å². The van der Waals surface area contributed by atoms with E-state index in [1.807, 2.05) is 0 Å². The van der Waals surface area contributed by atoms with E-state index in [-0.39, 0.29) is 27.1 Å². The SMILES string of the molecule is O=C1c2ccc(S(=O)(=O)O)cc2C(=O)c2ccc([SH](=O)=O)cc21. The van der Waals surface area contributed by atoms with Crippen molar-refractivity contribution in [1.29, 1.82) is 0 Å². The van der Waals surface area contributed by atoms with Crippen LogP contribution >= 0.6 is 0 Å². The van der Waals surface area contributed by atoms with E-state index in [9.17, 15) is 26.4 Å². The Kier molecular flexibility index (Phi) is 3.43. The van der Waals surface area contributed by atoms with Gasteiger partial charge in [-0.2, -0.15) is 8.42 Å². The Morgan fingerprint density at radius 3 is 1.83 bits per heavy atom. The van der Waals surface area contributed by atoms with Gasteiger partial charge in [-0.25, -0.2) is 8.42 Å². The molecule has 0 radical (unpaired) electrons. The van der Waals surface area contributed by atoms with Gasteiger partial charge in [0.15, 0.2) is 22.3 Å². The fraction of sp³-hybridized carbons (Fsp3) is 0. The molecule has 9 heteroatoms. The summed E-state index contributed by atoms with van der Waals surface area (Å²) in [6.45, 7) is 0. The van der Waals surface area contributed by atoms with Crippen molar-refractivity contribution < 1.29 is 31.0 Å². The van der Waals surface area contributed by atoms with Crippen LogP contribution in [0, 0.1) is 0 Å². The highest BCUT2D eigenvalue weighted by Crippen LogP contribution is 2.29. The summed E-state index contributed by atoms with van der Waals surface area (Å²) in [5.74, 6) is -1.21. The third-order valence-electron chi connectivity index (χ3n) is 3.48. The summed E-state index contributed by atoms with van der Waals surface area (Å²) in [7, 11) is -7.42. The molecule has 23 heavy (non-hydrogen) atoms. The van der Waals surface area contributed by atoms with Gasteiger partial charge in [0.2, 0.25) is 0 Å². The molecule has 0 amide bonds. The molecule has 0 saturated heterocycles. The van der Waals surface area contributed by atoms with Crippen LogP contribution < -0.4 is 0 Å². The molecule has 7 nitrogen and oxygen atoms in total. The zero-order valence-electron chi connectivity index (χ0n) is 11.2. The lowest BCUT2D eigenvalue weighted by molar-refractivity contribution is 0.0978. The van der Waals surface area contributed by atoms with Gasteiger partial charge in [-0.05, 0) is 36.4 Å².